The Bertz CT molecular complexity index is 508. The first-order valence-corrected chi connectivity index (χ1v) is 6.39. The molecule has 0 fully saturated rings. The number of anilines is 1. The molecule has 0 aromatic heterocycles. The molecule has 0 saturated heterocycles. The van der Waals surface area contributed by atoms with Gasteiger partial charge in [0.05, 0.1) is 25.8 Å². The topological polar surface area (TPSA) is 81.9 Å². The number of hydrogen-bond donors (Lipinski definition) is 1. The van der Waals surface area contributed by atoms with Gasteiger partial charge in [0, 0.05) is 25.8 Å². The number of hydrogen-bond acceptors (Lipinski definition) is 5. The van der Waals surface area contributed by atoms with Gasteiger partial charge in [-0.2, -0.15) is 0 Å². The van der Waals surface area contributed by atoms with Gasteiger partial charge in [-0.15, -0.1) is 0 Å². The minimum Gasteiger partial charge on any atom is -0.469 e. The Morgan fingerprint density at radius 1 is 1.29 bits per heavy atom. The van der Waals surface area contributed by atoms with Crippen molar-refractivity contribution in [2.45, 2.75) is 6.42 Å². The van der Waals surface area contributed by atoms with Crippen molar-refractivity contribution in [1.82, 2.24) is 4.90 Å². The molecular weight excluding hydrogens is 279 g/mol. The lowest BCUT2D eigenvalue weighted by Gasteiger charge is -2.22. The molecule has 1 amide bonds. The summed E-state index contributed by atoms with van der Waals surface area (Å²) >= 11 is 0. The first-order valence-electron chi connectivity index (χ1n) is 6.39. The molecule has 0 atom stereocenters. The zero-order valence-corrected chi connectivity index (χ0v) is 12.1. The monoisotopic (exact) mass is 298 g/mol. The number of methoxy groups -OCH3 is 2. The van der Waals surface area contributed by atoms with Crippen molar-refractivity contribution in [3.8, 4) is 0 Å². The Labute approximate surface area is 122 Å². The zero-order chi connectivity index (χ0) is 15.8. The number of nitrogens with two attached hydrogens (primary N) is 1. The quantitative estimate of drug-likeness (QED) is 0.601. The largest absolute Gasteiger partial charge is 0.469 e. The molecule has 6 nitrogen and oxygen atoms in total. The van der Waals surface area contributed by atoms with Crippen molar-refractivity contribution in [3.05, 3.63) is 29.6 Å². The minimum atomic E-state index is -0.652. The second kappa shape index (κ2) is 8.21. The maximum Gasteiger partial charge on any atom is 0.307 e. The number of nitrogen functional groups attached to an aromatic ring is 1. The molecule has 0 radical (unpaired) electrons. The summed E-state index contributed by atoms with van der Waals surface area (Å²) in [7, 11) is 2.78. The van der Waals surface area contributed by atoms with Crippen LogP contribution in [0.4, 0.5) is 10.1 Å². The van der Waals surface area contributed by atoms with E-state index in [1.165, 1.54) is 31.3 Å². The molecule has 0 spiro atoms. The van der Waals surface area contributed by atoms with Crippen LogP contribution in [0.3, 0.4) is 0 Å². The molecule has 0 bridgehead atoms. The van der Waals surface area contributed by atoms with E-state index >= 15 is 0 Å². The van der Waals surface area contributed by atoms with Crippen molar-refractivity contribution in [2.24, 2.45) is 0 Å². The van der Waals surface area contributed by atoms with Gasteiger partial charge in [-0.3, -0.25) is 9.59 Å². The van der Waals surface area contributed by atoms with E-state index in [2.05, 4.69) is 4.74 Å². The average molecular weight is 298 g/mol. The zero-order valence-electron chi connectivity index (χ0n) is 12.1. The standard InChI is InChI=1S/C14H19FN2O4/c1-20-8-7-17(6-5-13(18)21-2)14(19)10-3-4-12(16)11(15)9-10/h3-4,9H,5-8,16H2,1-2H3. The molecule has 7 heteroatoms. The normalized spacial score (nSPS) is 10.2. The lowest BCUT2D eigenvalue weighted by atomic mass is 10.1. The highest BCUT2D eigenvalue weighted by Crippen LogP contribution is 2.14. The maximum atomic E-state index is 13.4. The summed E-state index contributed by atoms with van der Waals surface area (Å²) in [6.45, 7) is 0.767. The molecule has 116 valence electrons. The molecule has 0 aliphatic heterocycles. The smallest absolute Gasteiger partial charge is 0.307 e. The molecule has 0 unspecified atom stereocenters. The summed E-state index contributed by atoms with van der Waals surface area (Å²) in [5.41, 5.74) is 5.53. The van der Waals surface area contributed by atoms with Gasteiger partial charge in [-0.25, -0.2) is 4.39 Å². The van der Waals surface area contributed by atoms with Crippen LogP contribution in [-0.4, -0.2) is 50.7 Å². The van der Waals surface area contributed by atoms with Crippen molar-refractivity contribution < 1.29 is 23.5 Å². The van der Waals surface area contributed by atoms with Crippen LogP contribution in [0.5, 0.6) is 0 Å². The number of benzene rings is 1. The van der Waals surface area contributed by atoms with Gasteiger partial charge in [0.1, 0.15) is 5.82 Å². The van der Waals surface area contributed by atoms with E-state index in [4.69, 9.17) is 10.5 Å². The number of rotatable bonds is 7. The van der Waals surface area contributed by atoms with Gasteiger partial charge in [0.2, 0.25) is 0 Å². The second-order valence-corrected chi connectivity index (χ2v) is 4.35. The summed E-state index contributed by atoms with van der Waals surface area (Å²) < 4.78 is 22.9. The number of carbonyl (C=O) groups is 2. The van der Waals surface area contributed by atoms with E-state index in [1.54, 1.807) is 0 Å². The van der Waals surface area contributed by atoms with E-state index in [1.807, 2.05) is 0 Å². The molecule has 2 N–H and O–H groups in total. The SMILES string of the molecule is COCCN(CCC(=O)OC)C(=O)c1ccc(N)c(F)c1. The summed E-state index contributed by atoms with van der Waals surface area (Å²) in [6, 6.07) is 3.85. The van der Waals surface area contributed by atoms with E-state index < -0.39 is 17.7 Å². The summed E-state index contributed by atoms with van der Waals surface area (Å²) in [5.74, 6) is -1.47. The van der Waals surface area contributed by atoms with Crippen LogP contribution in [0.1, 0.15) is 16.8 Å². The molecular formula is C14H19FN2O4. The third-order valence-electron chi connectivity index (χ3n) is 2.91. The molecule has 1 aromatic rings. The van der Waals surface area contributed by atoms with E-state index in [9.17, 15) is 14.0 Å². The summed E-state index contributed by atoms with van der Waals surface area (Å²) in [5, 5.41) is 0. The summed E-state index contributed by atoms with van der Waals surface area (Å²) in [4.78, 5) is 24.9. The molecule has 1 rings (SSSR count). The highest BCUT2D eigenvalue weighted by Gasteiger charge is 2.18. The van der Waals surface area contributed by atoms with Gasteiger partial charge in [-0.05, 0) is 18.2 Å². The minimum absolute atomic E-state index is 0.0236. The van der Waals surface area contributed by atoms with Crippen LogP contribution in [0.2, 0.25) is 0 Å². The van der Waals surface area contributed by atoms with Crippen LogP contribution in [-0.2, 0) is 14.3 Å². The van der Waals surface area contributed by atoms with Crippen LogP contribution < -0.4 is 5.73 Å². The fourth-order valence-electron chi connectivity index (χ4n) is 1.69. The fraction of sp³-hybridized carbons (Fsp3) is 0.429. The van der Waals surface area contributed by atoms with Gasteiger partial charge >= 0.3 is 5.97 Å². The van der Waals surface area contributed by atoms with Crippen LogP contribution in [0.15, 0.2) is 18.2 Å². The molecule has 0 saturated carbocycles. The van der Waals surface area contributed by atoms with Crippen molar-refractivity contribution in [3.63, 3.8) is 0 Å². The number of nitrogens with zero attached hydrogens (tertiary/aromatic N) is 1. The van der Waals surface area contributed by atoms with Crippen molar-refractivity contribution >= 4 is 17.6 Å². The number of esters is 1. The van der Waals surface area contributed by atoms with Crippen LogP contribution in [0.25, 0.3) is 0 Å². The maximum absolute atomic E-state index is 13.4. The average Bonchev–Trinajstić information content (AvgIpc) is 2.49. The predicted molar refractivity (Wildman–Crippen MR) is 75.2 cm³/mol. The Balaban J connectivity index is 2.82. The Kier molecular flexibility index (Phi) is 6.61. The third kappa shape index (κ3) is 5.03. The van der Waals surface area contributed by atoms with Gasteiger partial charge < -0.3 is 20.1 Å². The molecule has 0 aliphatic rings. The Morgan fingerprint density at radius 2 is 2.00 bits per heavy atom. The number of amides is 1. The lowest BCUT2D eigenvalue weighted by molar-refractivity contribution is -0.140. The van der Waals surface area contributed by atoms with E-state index in [0.29, 0.717) is 13.2 Å². The Hall–Kier alpha value is -2.15. The van der Waals surface area contributed by atoms with Crippen LogP contribution in [0, 0.1) is 5.82 Å². The first-order chi connectivity index (χ1) is 9.99. The highest BCUT2D eigenvalue weighted by molar-refractivity contribution is 5.94. The Morgan fingerprint density at radius 3 is 2.57 bits per heavy atom. The summed E-state index contributed by atoms with van der Waals surface area (Å²) in [6.07, 6.45) is 0.0589. The fourth-order valence-corrected chi connectivity index (χ4v) is 1.69. The van der Waals surface area contributed by atoms with Crippen molar-refractivity contribution in [1.29, 1.82) is 0 Å². The number of ether oxygens (including phenoxy) is 2. The predicted octanol–water partition coefficient (Wildman–Crippen LogP) is 1.06. The molecule has 0 heterocycles. The van der Waals surface area contributed by atoms with Gasteiger partial charge in [-0.1, -0.05) is 0 Å². The highest BCUT2D eigenvalue weighted by atomic mass is 19.1. The molecule has 21 heavy (non-hydrogen) atoms. The van der Waals surface area contributed by atoms with E-state index in [-0.39, 0.29) is 24.2 Å². The lowest BCUT2D eigenvalue weighted by Crippen LogP contribution is -2.35. The molecule has 1 aromatic carbocycles. The number of halogens is 1. The second-order valence-electron chi connectivity index (χ2n) is 4.35. The number of carbonyl (C=O) groups excluding carboxylic acids is 2. The van der Waals surface area contributed by atoms with Crippen LogP contribution >= 0.6 is 0 Å². The van der Waals surface area contributed by atoms with Gasteiger partial charge in [0.15, 0.2) is 0 Å². The third-order valence-corrected chi connectivity index (χ3v) is 2.91. The van der Waals surface area contributed by atoms with Gasteiger partial charge in [0.25, 0.3) is 5.91 Å². The van der Waals surface area contributed by atoms with Crippen molar-refractivity contribution in [2.75, 3.05) is 39.6 Å². The first kappa shape index (κ1) is 16.9. The van der Waals surface area contributed by atoms with E-state index in [0.717, 1.165) is 6.07 Å². The molecule has 0 aliphatic carbocycles.